The number of carbonyl (C=O) groups is 1. The molecule has 0 aliphatic heterocycles. The van der Waals surface area contributed by atoms with Crippen molar-refractivity contribution in [2.45, 2.75) is 26.3 Å². The van der Waals surface area contributed by atoms with E-state index in [4.69, 9.17) is 0 Å². The molecule has 12 heavy (non-hydrogen) atoms. The average Bonchev–Trinajstić information content (AvgIpc) is 1.84. The molecule has 0 aromatic rings. The van der Waals surface area contributed by atoms with E-state index in [0.717, 1.165) is 11.9 Å². The molecule has 0 bridgehead atoms. The van der Waals surface area contributed by atoms with Crippen molar-refractivity contribution in [1.29, 1.82) is 0 Å². The smallest absolute Gasteiger partial charge is 0.317 e. The summed E-state index contributed by atoms with van der Waals surface area (Å²) in [6, 6.07) is -0.0260. The molecule has 0 saturated carbocycles. The Morgan fingerprint density at radius 1 is 1.50 bits per heavy atom. The number of halogens is 1. The van der Waals surface area contributed by atoms with Gasteiger partial charge in [-0.25, -0.2) is 4.79 Å². The number of hydrogen-bond donors (Lipinski definition) is 1. The van der Waals surface area contributed by atoms with Crippen molar-refractivity contribution in [2.75, 3.05) is 18.9 Å². The van der Waals surface area contributed by atoms with Gasteiger partial charge in [0.25, 0.3) is 0 Å². The van der Waals surface area contributed by atoms with E-state index in [0.29, 0.717) is 0 Å². The van der Waals surface area contributed by atoms with Crippen LogP contribution in [0.1, 0.15) is 20.8 Å². The molecule has 0 spiro atoms. The molecule has 0 saturated heterocycles. The fourth-order valence-corrected chi connectivity index (χ4v) is 1.18. The second kappa shape index (κ2) is 4.70. The van der Waals surface area contributed by atoms with Crippen LogP contribution in [0.5, 0.6) is 0 Å². The molecule has 1 N–H and O–H groups in total. The van der Waals surface area contributed by atoms with Crippen LogP contribution < -0.4 is 5.32 Å². The highest BCUT2D eigenvalue weighted by atomic mass is 79.9. The Morgan fingerprint density at radius 2 is 2.00 bits per heavy atom. The van der Waals surface area contributed by atoms with E-state index in [1.807, 2.05) is 20.8 Å². The summed E-state index contributed by atoms with van der Waals surface area (Å²) in [4.78, 5) is 13.0. The monoisotopic (exact) mass is 236 g/mol. The van der Waals surface area contributed by atoms with Crippen LogP contribution in [0.15, 0.2) is 0 Å². The summed E-state index contributed by atoms with van der Waals surface area (Å²) in [6.07, 6.45) is 0. The first kappa shape index (κ1) is 11.8. The highest BCUT2D eigenvalue weighted by Gasteiger charge is 2.15. The molecule has 4 heteroatoms. The first-order chi connectivity index (χ1) is 5.37. The number of nitrogens with one attached hydrogen (secondary N) is 1. The maximum Gasteiger partial charge on any atom is 0.317 e. The van der Waals surface area contributed by atoms with Gasteiger partial charge in [-0.05, 0) is 20.8 Å². The molecule has 0 heterocycles. The number of hydrogen-bond acceptors (Lipinski definition) is 1. The van der Waals surface area contributed by atoms with E-state index in [1.54, 1.807) is 11.9 Å². The van der Waals surface area contributed by atoms with Crippen LogP contribution in [0.3, 0.4) is 0 Å². The van der Waals surface area contributed by atoms with Crippen LogP contribution in [-0.4, -0.2) is 35.4 Å². The van der Waals surface area contributed by atoms with Gasteiger partial charge in [-0.15, -0.1) is 0 Å². The molecule has 3 nitrogen and oxygen atoms in total. The van der Waals surface area contributed by atoms with Crippen molar-refractivity contribution in [3.8, 4) is 0 Å². The number of nitrogens with zero attached hydrogens (tertiary/aromatic N) is 1. The first-order valence-corrected chi connectivity index (χ1v) is 5.08. The van der Waals surface area contributed by atoms with Gasteiger partial charge < -0.3 is 10.2 Å². The zero-order valence-electron chi connectivity index (χ0n) is 8.15. The third kappa shape index (κ3) is 5.41. The summed E-state index contributed by atoms with van der Waals surface area (Å²) in [6.45, 7) is 6.62. The molecule has 72 valence electrons. The van der Waals surface area contributed by atoms with Crippen molar-refractivity contribution in [1.82, 2.24) is 10.2 Å². The van der Waals surface area contributed by atoms with Crippen LogP contribution in [0.25, 0.3) is 0 Å². The van der Waals surface area contributed by atoms with Crippen molar-refractivity contribution >= 4 is 22.0 Å². The van der Waals surface area contributed by atoms with Gasteiger partial charge in [0.05, 0.1) is 0 Å². The van der Waals surface area contributed by atoms with Gasteiger partial charge in [-0.3, -0.25) is 0 Å². The molecule has 0 atom stereocenters. The Bertz CT molecular complexity index is 154. The van der Waals surface area contributed by atoms with E-state index < -0.39 is 0 Å². The minimum Gasteiger partial charge on any atom is -0.333 e. The number of carbonyl (C=O) groups excluding carboxylic acids is 1. The molecule has 0 aliphatic rings. The van der Waals surface area contributed by atoms with Crippen LogP contribution in [0.4, 0.5) is 4.79 Å². The van der Waals surface area contributed by atoms with Crippen LogP contribution in [0, 0.1) is 0 Å². The normalized spacial score (nSPS) is 11.1. The highest BCUT2D eigenvalue weighted by Crippen LogP contribution is 2.00. The maximum absolute atomic E-state index is 11.3. The molecule has 0 unspecified atom stereocenters. The van der Waals surface area contributed by atoms with Gasteiger partial charge in [-0.2, -0.15) is 0 Å². The lowest BCUT2D eigenvalue weighted by molar-refractivity contribution is 0.202. The third-order valence-corrected chi connectivity index (χ3v) is 1.60. The standard InChI is InChI=1S/C8H17BrN2O/c1-8(2,3)10-7(12)11(4)6-5-9/h5-6H2,1-4H3,(H,10,12). The van der Waals surface area contributed by atoms with E-state index in [-0.39, 0.29) is 11.6 Å². The number of rotatable bonds is 2. The quantitative estimate of drug-likeness (QED) is 0.730. The Kier molecular flexibility index (Phi) is 4.60. The van der Waals surface area contributed by atoms with Crippen molar-refractivity contribution in [3.05, 3.63) is 0 Å². The summed E-state index contributed by atoms with van der Waals surface area (Å²) < 4.78 is 0. The van der Waals surface area contributed by atoms with Crippen molar-refractivity contribution < 1.29 is 4.79 Å². The Labute approximate surface area is 82.6 Å². The highest BCUT2D eigenvalue weighted by molar-refractivity contribution is 9.09. The van der Waals surface area contributed by atoms with Gasteiger partial charge in [-0.1, -0.05) is 15.9 Å². The molecule has 0 aromatic carbocycles. The Hall–Kier alpha value is -0.250. The number of amides is 2. The number of alkyl halides is 1. The lowest BCUT2D eigenvalue weighted by Gasteiger charge is -2.25. The average molecular weight is 237 g/mol. The van der Waals surface area contributed by atoms with Gasteiger partial charge in [0.15, 0.2) is 0 Å². The maximum atomic E-state index is 11.3. The van der Waals surface area contributed by atoms with E-state index in [1.165, 1.54) is 0 Å². The van der Waals surface area contributed by atoms with Crippen LogP contribution in [0.2, 0.25) is 0 Å². The largest absolute Gasteiger partial charge is 0.333 e. The minimum atomic E-state index is -0.155. The van der Waals surface area contributed by atoms with E-state index in [9.17, 15) is 4.79 Å². The first-order valence-electron chi connectivity index (χ1n) is 3.96. The molecule has 2 amide bonds. The summed E-state index contributed by atoms with van der Waals surface area (Å²) in [5.74, 6) is 0. The zero-order valence-corrected chi connectivity index (χ0v) is 9.73. The summed E-state index contributed by atoms with van der Waals surface area (Å²) in [5, 5.41) is 3.68. The Morgan fingerprint density at radius 3 is 2.33 bits per heavy atom. The van der Waals surface area contributed by atoms with Crippen LogP contribution >= 0.6 is 15.9 Å². The van der Waals surface area contributed by atoms with Gasteiger partial charge in [0.1, 0.15) is 0 Å². The van der Waals surface area contributed by atoms with E-state index in [2.05, 4.69) is 21.2 Å². The predicted molar refractivity (Wildman–Crippen MR) is 54.7 cm³/mol. The van der Waals surface area contributed by atoms with Gasteiger partial charge >= 0.3 is 6.03 Å². The SMILES string of the molecule is CN(CCBr)C(=O)NC(C)(C)C. The molecule has 0 fully saturated rings. The predicted octanol–water partition coefficient (Wildman–Crippen LogP) is 1.82. The summed E-state index contributed by atoms with van der Waals surface area (Å²) in [7, 11) is 1.78. The minimum absolute atomic E-state index is 0.0260. The molecule has 0 aromatic heterocycles. The third-order valence-electron chi connectivity index (χ3n) is 1.25. The lowest BCUT2D eigenvalue weighted by Crippen LogP contribution is -2.47. The lowest BCUT2D eigenvalue weighted by atomic mass is 10.1. The second-order valence-electron chi connectivity index (χ2n) is 3.79. The Balaban J connectivity index is 3.87. The summed E-state index contributed by atoms with van der Waals surface area (Å²) >= 11 is 3.28. The topological polar surface area (TPSA) is 32.3 Å². The second-order valence-corrected chi connectivity index (χ2v) is 4.58. The summed E-state index contributed by atoms with van der Waals surface area (Å²) in [5.41, 5.74) is -0.155. The van der Waals surface area contributed by atoms with Gasteiger partial charge in [0.2, 0.25) is 0 Å². The van der Waals surface area contributed by atoms with Crippen molar-refractivity contribution in [2.24, 2.45) is 0 Å². The fourth-order valence-electron chi connectivity index (χ4n) is 0.645. The van der Waals surface area contributed by atoms with Crippen LogP contribution in [-0.2, 0) is 0 Å². The van der Waals surface area contributed by atoms with E-state index >= 15 is 0 Å². The molecular weight excluding hydrogens is 220 g/mol. The molecule has 0 radical (unpaired) electrons. The molecule has 0 aliphatic carbocycles. The number of urea groups is 1. The van der Waals surface area contributed by atoms with Gasteiger partial charge in [0, 0.05) is 24.5 Å². The molecular formula is C8H17BrN2O. The fraction of sp³-hybridized carbons (Fsp3) is 0.875. The van der Waals surface area contributed by atoms with Crippen molar-refractivity contribution in [3.63, 3.8) is 0 Å². The zero-order chi connectivity index (χ0) is 9.78. The molecule has 0 rings (SSSR count).